The van der Waals surface area contributed by atoms with Gasteiger partial charge in [-0.2, -0.15) is 0 Å². The van der Waals surface area contributed by atoms with Crippen molar-refractivity contribution in [2.24, 2.45) is 0 Å². The first kappa shape index (κ1) is 10.7. The molecule has 4 heteroatoms. The van der Waals surface area contributed by atoms with E-state index >= 15 is 0 Å². The Morgan fingerprint density at radius 2 is 2.42 bits per heavy atom. The summed E-state index contributed by atoms with van der Waals surface area (Å²) < 4.78 is 10.4. The highest BCUT2D eigenvalue weighted by Crippen LogP contribution is 2.13. The third kappa shape index (κ3) is 3.16. The first-order chi connectivity index (χ1) is 5.76. The van der Waals surface area contributed by atoms with Crippen LogP contribution in [0.3, 0.4) is 0 Å². The lowest BCUT2D eigenvalue weighted by atomic mass is 10.3. The highest BCUT2D eigenvalue weighted by atomic mass is 127. The number of methoxy groups -OCH3 is 1. The SMILES string of the molecule is CO[C@H]1CCN(C[C@@H](C)OI)C1. The van der Waals surface area contributed by atoms with Crippen LogP contribution in [0, 0.1) is 0 Å². The number of ether oxygens (including phenoxy) is 1. The van der Waals surface area contributed by atoms with Crippen LogP contribution >= 0.6 is 23.0 Å². The Balaban J connectivity index is 2.18. The molecule has 1 rings (SSSR count). The van der Waals surface area contributed by atoms with Crippen molar-refractivity contribution in [2.45, 2.75) is 25.6 Å². The molecule has 1 saturated heterocycles. The van der Waals surface area contributed by atoms with Gasteiger partial charge < -0.3 is 7.80 Å². The van der Waals surface area contributed by atoms with Crippen LogP contribution in [0.15, 0.2) is 0 Å². The molecule has 0 radical (unpaired) electrons. The summed E-state index contributed by atoms with van der Waals surface area (Å²) in [5, 5.41) is 0. The molecule has 72 valence electrons. The predicted molar refractivity (Wildman–Crippen MR) is 56.4 cm³/mol. The van der Waals surface area contributed by atoms with E-state index in [2.05, 4.69) is 11.8 Å². The van der Waals surface area contributed by atoms with Gasteiger partial charge in [0.1, 0.15) is 23.0 Å². The van der Waals surface area contributed by atoms with Crippen LogP contribution in [-0.2, 0) is 7.80 Å². The molecule has 0 aromatic rings. The maximum absolute atomic E-state index is 5.27. The smallest absolute Gasteiger partial charge is 0.110 e. The summed E-state index contributed by atoms with van der Waals surface area (Å²) in [6.45, 7) is 5.30. The van der Waals surface area contributed by atoms with Crippen LogP contribution in [0.2, 0.25) is 0 Å². The number of halogens is 1. The third-order valence-corrected chi connectivity index (χ3v) is 3.10. The topological polar surface area (TPSA) is 21.7 Å². The third-order valence-electron chi connectivity index (χ3n) is 2.23. The fourth-order valence-corrected chi connectivity index (χ4v) is 1.71. The predicted octanol–water partition coefficient (Wildman–Crippen LogP) is 1.46. The second kappa shape index (κ2) is 5.36. The summed E-state index contributed by atoms with van der Waals surface area (Å²) in [4.78, 5) is 2.39. The summed E-state index contributed by atoms with van der Waals surface area (Å²) in [6.07, 6.45) is 1.91. The van der Waals surface area contributed by atoms with Gasteiger partial charge in [-0.15, -0.1) is 0 Å². The average Bonchev–Trinajstić information content (AvgIpc) is 2.52. The van der Waals surface area contributed by atoms with E-state index in [0.717, 1.165) is 26.1 Å². The highest BCUT2D eigenvalue weighted by molar-refractivity contribution is 14.1. The first-order valence-corrected chi connectivity index (χ1v) is 5.17. The minimum absolute atomic E-state index is 0.321. The average molecular weight is 285 g/mol. The molecule has 0 spiro atoms. The fraction of sp³-hybridized carbons (Fsp3) is 1.00. The molecule has 0 aromatic carbocycles. The molecule has 12 heavy (non-hydrogen) atoms. The van der Waals surface area contributed by atoms with Crippen molar-refractivity contribution in [3.05, 3.63) is 0 Å². The molecule has 1 aliphatic rings. The van der Waals surface area contributed by atoms with Gasteiger partial charge >= 0.3 is 0 Å². The largest absolute Gasteiger partial charge is 0.380 e. The van der Waals surface area contributed by atoms with Gasteiger partial charge in [0, 0.05) is 26.7 Å². The molecule has 0 amide bonds. The molecule has 0 aromatic heterocycles. The molecule has 0 saturated carbocycles. The van der Waals surface area contributed by atoms with Crippen molar-refractivity contribution >= 4 is 23.0 Å². The second-order valence-corrected chi connectivity index (χ2v) is 3.81. The van der Waals surface area contributed by atoms with E-state index in [4.69, 9.17) is 7.80 Å². The molecule has 0 bridgehead atoms. The van der Waals surface area contributed by atoms with Gasteiger partial charge in [-0.1, -0.05) is 0 Å². The molecule has 2 atom stereocenters. The van der Waals surface area contributed by atoms with Gasteiger partial charge in [-0.3, -0.25) is 4.90 Å². The minimum atomic E-state index is 0.321. The second-order valence-electron chi connectivity index (χ2n) is 3.31. The van der Waals surface area contributed by atoms with Crippen LogP contribution in [0.25, 0.3) is 0 Å². The van der Waals surface area contributed by atoms with E-state index in [-0.39, 0.29) is 0 Å². The Morgan fingerprint density at radius 1 is 1.67 bits per heavy atom. The Kier molecular flexibility index (Phi) is 4.78. The lowest BCUT2D eigenvalue weighted by Gasteiger charge is -2.18. The van der Waals surface area contributed by atoms with E-state index < -0.39 is 0 Å². The molecule has 0 N–H and O–H groups in total. The first-order valence-electron chi connectivity index (χ1n) is 4.28. The van der Waals surface area contributed by atoms with E-state index in [9.17, 15) is 0 Å². The molecule has 1 fully saturated rings. The number of hydrogen-bond acceptors (Lipinski definition) is 3. The van der Waals surface area contributed by atoms with Gasteiger partial charge in [-0.05, 0) is 13.3 Å². The van der Waals surface area contributed by atoms with Crippen LogP contribution < -0.4 is 0 Å². The molecule has 1 heterocycles. The van der Waals surface area contributed by atoms with E-state index in [0.29, 0.717) is 12.2 Å². The Morgan fingerprint density at radius 3 is 2.92 bits per heavy atom. The van der Waals surface area contributed by atoms with Crippen molar-refractivity contribution in [1.29, 1.82) is 0 Å². The monoisotopic (exact) mass is 285 g/mol. The summed E-state index contributed by atoms with van der Waals surface area (Å²) in [7, 11) is 1.78. The number of hydrogen-bond donors (Lipinski definition) is 0. The lowest BCUT2D eigenvalue weighted by Crippen LogP contribution is -2.30. The number of nitrogens with zero attached hydrogens (tertiary/aromatic N) is 1. The van der Waals surface area contributed by atoms with Crippen LogP contribution in [0.1, 0.15) is 13.3 Å². The normalized spacial score (nSPS) is 27.8. The maximum atomic E-state index is 5.27. The maximum Gasteiger partial charge on any atom is 0.110 e. The zero-order valence-electron chi connectivity index (χ0n) is 7.62. The van der Waals surface area contributed by atoms with E-state index in [1.807, 2.05) is 23.0 Å². The zero-order chi connectivity index (χ0) is 8.97. The van der Waals surface area contributed by atoms with Crippen molar-refractivity contribution in [1.82, 2.24) is 4.90 Å². The molecule has 0 unspecified atom stereocenters. The van der Waals surface area contributed by atoms with E-state index in [1.54, 1.807) is 7.11 Å². The fourth-order valence-electron chi connectivity index (χ4n) is 1.55. The van der Waals surface area contributed by atoms with Crippen molar-refractivity contribution in [2.75, 3.05) is 26.7 Å². The summed E-state index contributed by atoms with van der Waals surface area (Å²) >= 11 is 1.96. The molecular weight excluding hydrogens is 269 g/mol. The Bertz CT molecular complexity index is 134. The molecule has 1 aliphatic heterocycles. The van der Waals surface area contributed by atoms with Crippen molar-refractivity contribution in [3.63, 3.8) is 0 Å². The van der Waals surface area contributed by atoms with Crippen LogP contribution in [-0.4, -0.2) is 43.9 Å². The Hall–Kier alpha value is 0.610. The zero-order valence-corrected chi connectivity index (χ0v) is 9.78. The summed E-state index contributed by atoms with van der Waals surface area (Å²) in [5.41, 5.74) is 0. The minimum Gasteiger partial charge on any atom is -0.380 e. The Labute approximate surface area is 88.1 Å². The van der Waals surface area contributed by atoms with Crippen molar-refractivity contribution < 1.29 is 7.80 Å². The summed E-state index contributed by atoms with van der Waals surface area (Å²) in [5.74, 6) is 0. The standard InChI is InChI=1S/C8H16INO2/c1-7(12-9)5-10-4-3-8(6-10)11-2/h7-8H,3-6H2,1-2H3/t7-,8+/m1/s1. The summed E-state index contributed by atoms with van der Waals surface area (Å²) in [6, 6.07) is 0. The number of rotatable bonds is 4. The van der Waals surface area contributed by atoms with E-state index in [1.165, 1.54) is 0 Å². The van der Waals surface area contributed by atoms with Crippen LogP contribution in [0.4, 0.5) is 0 Å². The van der Waals surface area contributed by atoms with Gasteiger partial charge in [0.05, 0.1) is 12.2 Å². The molecular formula is C8H16INO2. The molecule has 0 aliphatic carbocycles. The quantitative estimate of drug-likeness (QED) is 0.730. The van der Waals surface area contributed by atoms with Crippen LogP contribution in [0.5, 0.6) is 0 Å². The van der Waals surface area contributed by atoms with Gasteiger partial charge in [-0.25, -0.2) is 0 Å². The van der Waals surface area contributed by atoms with Gasteiger partial charge in [0.25, 0.3) is 0 Å². The lowest BCUT2D eigenvalue weighted by molar-refractivity contribution is 0.103. The number of likely N-dealkylation sites (tertiary alicyclic amines) is 1. The van der Waals surface area contributed by atoms with Crippen molar-refractivity contribution in [3.8, 4) is 0 Å². The van der Waals surface area contributed by atoms with Gasteiger partial charge in [0.15, 0.2) is 0 Å². The van der Waals surface area contributed by atoms with Gasteiger partial charge in [0.2, 0.25) is 0 Å². The molecule has 3 nitrogen and oxygen atoms in total. The highest BCUT2D eigenvalue weighted by Gasteiger charge is 2.22.